The van der Waals surface area contributed by atoms with Crippen LogP contribution in [-0.2, 0) is 17.6 Å². The van der Waals surface area contributed by atoms with Crippen molar-refractivity contribution in [2.45, 2.75) is 45.4 Å². The van der Waals surface area contributed by atoms with Crippen LogP contribution in [0.15, 0.2) is 34.6 Å². The highest BCUT2D eigenvalue weighted by atomic mass is 32.1. The smallest absolute Gasteiger partial charge is 0.328 e. The van der Waals surface area contributed by atoms with Gasteiger partial charge in [0.2, 0.25) is 0 Å². The van der Waals surface area contributed by atoms with Crippen molar-refractivity contribution in [1.29, 1.82) is 0 Å². The number of aliphatic hydroxyl groups excluding tert-OH is 1. The van der Waals surface area contributed by atoms with Gasteiger partial charge in [0.25, 0.3) is 5.56 Å². The van der Waals surface area contributed by atoms with Crippen molar-refractivity contribution in [1.82, 2.24) is 14.4 Å². The van der Waals surface area contributed by atoms with Crippen LogP contribution >= 0.6 is 11.3 Å². The van der Waals surface area contributed by atoms with Crippen LogP contribution in [0.25, 0.3) is 11.7 Å². The first-order valence-corrected chi connectivity index (χ1v) is 12.5. The number of aryl methyl sites for hydroxylation is 2. The van der Waals surface area contributed by atoms with Crippen LogP contribution in [0.3, 0.4) is 0 Å². The Bertz CT molecular complexity index is 1260. The molecular formula is C25H30N4O4S. The molecule has 1 fully saturated rings. The number of aliphatic carboxylic acids is 1. The second-order valence-electron chi connectivity index (χ2n) is 9.05. The van der Waals surface area contributed by atoms with Crippen molar-refractivity contribution in [2.75, 3.05) is 24.6 Å². The van der Waals surface area contributed by atoms with Crippen LogP contribution in [0, 0.1) is 5.92 Å². The van der Waals surface area contributed by atoms with Crippen LogP contribution in [0.1, 0.15) is 54.4 Å². The zero-order chi connectivity index (χ0) is 24.2. The summed E-state index contributed by atoms with van der Waals surface area (Å²) in [7, 11) is 0. The molecule has 2 N–H and O–H groups in total. The number of piperidine rings is 1. The summed E-state index contributed by atoms with van der Waals surface area (Å²) in [4.78, 5) is 35.9. The Morgan fingerprint density at radius 3 is 2.85 bits per heavy atom. The minimum absolute atomic E-state index is 0.0722. The molecular weight excluding hydrogens is 452 g/mol. The molecule has 0 aromatic carbocycles. The summed E-state index contributed by atoms with van der Waals surface area (Å²) >= 11 is 1.67. The van der Waals surface area contributed by atoms with Crippen molar-refractivity contribution < 1.29 is 15.0 Å². The van der Waals surface area contributed by atoms with Crippen LogP contribution in [0.4, 0.5) is 5.82 Å². The maximum atomic E-state index is 13.3. The minimum atomic E-state index is -1.12. The Kier molecular flexibility index (Phi) is 7.43. The van der Waals surface area contributed by atoms with E-state index in [1.54, 1.807) is 17.5 Å². The standard InChI is InChI=1S/C25H30N4O4S/c1-16(2)20-15-34-22(26-20)7-5-17-9-11-29-21(12-17)27-24(19(25(29)33)6-8-23(31)32)28-10-3-4-18(13-28)14-30/h6,8-9,11-12,15-16,18,30H,3-5,7,10,13-14H2,1-2H3,(H,31,32)/b8-6+. The number of aromatic nitrogens is 3. The molecule has 1 saturated heterocycles. The number of fused-ring (bicyclic) bond motifs is 1. The second-order valence-corrected chi connectivity index (χ2v) is 9.99. The van der Waals surface area contributed by atoms with Crippen LogP contribution in [0.2, 0.25) is 0 Å². The summed E-state index contributed by atoms with van der Waals surface area (Å²) in [6.07, 6.45) is 7.38. The Balaban J connectivity index is 1.68. The lowest BCUT2D eigenvalue weighted by molar-refractivity contribution is -0.131. The largest absolute Gasteiger partial charge is 0.478 e. The summed E-state index contributed by atoms with van der Waals surface area (Å²) in [6, 6.07) is 3.82. The number of aliphatic hydroxyl groups is 1. The fraction of sp³-hybridized carbons (Fsp3) is 0.440. The molecule has 180 valence electrons. The lowest BCUT2D eigenvalue weighted by atomic mass is 9.98. The van der Waals surface area contributed by atoms with Crippen LogP contribution < -0.4 is 10.5 Å². The van der Waals surface area contributed by atoms with Crippen LogP contribution in [0.5, 0.6) is 0 Å². The van der Waals surface area contributed by atoms with Gasteiger partial charge in [0.15, 0.2) is 0 Å². The number of hydrogen-bond donors (Lipinski definition) is 2. The molecule has 0 bridgehead atoms. The molecule has 9 heteroatoms. The average molecular weight is 483 g/mol. The molecule has 1 aliphatic heterocycles. The summed E-state index contributed by atoms with van der Waals surface area (Å²) < 4.78 is 1.46. The number of nitrogens with zero attached hydrogens (tertiary/aromatic N) is 4. The molecule has 0 saturated carbocycles. The Labute approximate surface area is 202 Å². The average Bonchev–Trinajstić information content (AvgIpc) is 3.31. The number of carbonyl (C=O) groups is 1. The van der Waals surface area contributed by atoms with E-state index in [-0.39, 0.29) is 23.6 Å². The van der Waals surface area contributed by atoms with Gasteiger partial charge in [0.1, 0.15) is 11.5 Å². The van der Waals surface area contributed by atoms with Gasteiger partial charge < -0.3 is 15.1 Å². The maximum Gasteiger partial charge on any atom is 0.328 e. The van der Waals surface area contributed by atoms with Gasteiger partial charge in [-0.1, -0.05) is 13.8 Å². The van der Waals surface area contributed by atoms with E-state index in [0.717, 1.165) is 48.0 Å². The molecule has 3 aromatic rings. The Hall–Kier alpha value is -3.04. The molecule has 1 atom stereocenters. The number of carboxylic acids is 1. The third-order valence-electron chi connectivity index (χ3n) is 6.17. The van der Waals surface area contributed by atoms with E-state index in [2.05, 4.69) is 19.2 Å². The van der Waals surface area contributed by atoms with Gasteiger partial charge in [-0.15, -0.1) is 11.3 Å². The van der Waals surface area contributed by atoms with Gasteiger partial charge in [-0.3, -0.25) is 9.20 Å². The Morgan fingerprint density at radius 1 is 1.32 bits per heavy atom. The summed E-state index contributed by atoms with van der Waals surface area (Å²) in [5.41, 5.74) is 2.63. The Morgan fingerprint density at radius 2 is 2.15 bits per heavy atom. The highest BCUT2D eigenvalue weighted by molar-refractivity contribution is 7.09. The normalized spacial score (nSPS) is 16.7. The molecule has 0 spiro atoms. The van der Waals surface area contributed by atoms with Gasteiger partial charge in [-0.05, 0) is 54.9 Å². The first kappa shape index (κ1) is 24.1. The highest BCUT2D eigenvalue weighted by Crippen LogP contribution is 2.25. The lowest BCUT2D eigenvalue weighted by Gasteiger charge is -2.33. The quantitative estimate of drug-likeness (QED) is 0.474. The maximum absolute atomic E-state index is 13.3. The molecule has 1 unspecified atom stereocenters. The van der Waals surface area contributed by atoms with Gasteiger partial charge in [-0.2, -0.15) is 0 Å². The highest BCUT2D eigenvalue weighted by Gasteiger charge is 2.24. The number of rotatable bonds is 8. The van der Waals surface area contributed by atoms with Crippen molar-refractivity contribution in [3.05, 3.63) is 62.0 Å². The third-order valence-corrected chi connectivity index (χ3v) is 7.09. The molecule has 0 radical (unpaired) electrons. The predicted octanol–water partition coefficient (Wildman–Crippen LogP) is 3.37. The number of pyridine rings is 1. The lowest BCUT2D eigenvalue weighted by Crippen LogP contribution is -2.39. The second kappa shape index (κ2) is 10.5. The summed E-state index contributed by atoms with van der Waals surface area (Å²) in [5, 5.41) is 22.0. The van der Waals surface area contributed by atoms with Crippen molar-refractivity contribution in [3.8, 4) is 0 Å². The molecule has 4 heterocycles. The number of anilines is 1. The van der Waals surface area contributed by atoms with Gasteiger partial charge >= 0.3 is 5.97 Å². The summed E-state index contributed by atoms with van der Waals surface area (Å²) in [5.74, 6) is -0.143. The number of carboxylic acid groups (broad SMARTS) is 1. The van der Waals surface area contributed by atoms with E-state index in [4.69, 9.17) is 15.1 Å². The van der Waals surface area contributed by atoms with Gasteiger partial charge in [0, 0.05) is 43.8 Å². The topological polar surface area (TPSA) is 108 Å². The SMILES string of the molecule is CC(C)c1csc(CCc2ccn3c(=O)c(/C=C/C(=O)O)c(N4CCCC(CO)C4)nc3c2)n1. The van der Waals surface area contributed by atoms with E-state index in [1.165, 1.54) is 10.5 Å². The third kappa shape index (κ3) is 5.37. The van der Waals surface area contributed by atoms with Gasteiger partial charge in [0.05, 0.1) is 16.3 Å². The van der Waals surface area contributed by atoms with Crippen molar-refractivity contribution in [2.24, 2.45) is 5.92 Å². The van der Waals surface area contributed by atoms with E-state index in [0.29, 0.717) is 30.5 Å². The molecule has 0 aliphatic carbocycles. The van der Waals surface area contributed by atoms with Crippen molar-refractivity contribution in [3.63, 3.8) is 0 Å². The molecule has 34 heavy (non-hydrogen) atoms. The zero-order valence-electron chi connectivity index (χ0n) is 19.5. The number of hydrogen-bond acceptors (Lipinski definition) is 7. The fourth-order valence-electron chi connectivity index (χ4n) is 4.24. The fourth-order valence-corrected chi connectivity index (χ4v) is 5.20. The first-order chi connectivity index (χ1) is 16.4. The molecule has 8 nitrogen and oxygen atoms in total. The minimum Gasteiger partial charge on any atom is -0.478 e. The molecule has 4 rings (SSSR count). The van der Waals surface area contributed by atoms with Crippen molar-refractivity contribution >= 4 is 34.8 Å². The van der Waals surface area contributed by atoms with Crippen LogP contribution in [-0.4, -0.2) is 50.2 Å². The molecule has 3 aromatic heterocycles. The summed E-state index contributed by atoms with van der Waals surface area (Å²) in [6.45, 7) is 5.62. The first-order valence-electron chi connectivity index (χ1n) is 11.6. The van der Waals surface area contributed by atoms with E-state index in [1.807, 2.05) is 17.0 Å². The zero-order valence-corrected chi connectivity index (χ0v) is 20.3. The predicted molar refractivity (Wildman–Crippen MR) is 134 cm³/mol. The number of thiazole rings is 1. The van der Waals surface area contributed by atoms with E-state index < -0.39 is 5.97 Å². The monoisotopic (exact) mass is 482 g/mol. The molecule has 1 aliphatic rings. The molecule has 0 amide bonds. The van der Waals surface area contributed by atoms with Gasteiger partial charge in [-0.25, -0.2) is 14.8 Å². The van der Waals surface area contributed by atoms with E-state index in [9.17, 15) is 14.7 Å². The van der Waals surface area contributed by atoms with E-state index >= 15 is 0 Å².